The van der Waals surface area contributed by atoms with Gasteiger partial charge in [0.05, 0.1) is 49.7 Å². The molecule has 14 nitrogen and oxygen atoms in total. The van der Waals surface area contributed by atoms with E-state index in [1.165, 1.54) is 14.2 Å². The SMILES string of the molecule is C=CCCN(Cc1ncc(-c2ccc(-c3ccc(-c4ccc5nc(C6CCCN6C(=O)C(NC(=O)OC)C(C)C)[nH]c5c4)cc3)cc2)[nH]1)C(=O)CNC(=O)OC. The second-order valence-electron chi connectivity index (χ2n) is 14.0. The third kappa shape index (κ3) is 9.08. The van der Waals surface area contributed by atoms with Crippen LogP contribution in [0.25, 0.3) is 44.5 Å². The third-order valence-corrected chi connectivity index (χ3v) is 9.98. The van der Waals surface area contributed by atoms with Crippen molar-refractivity contribution >= 4 is 35.0 Å². The highest BCUT2D eigenvalue weighted by Crippen LogP contribution is 2.34. The zero-order valence-corrected chi connectivity index (χ0v) is 32.1. The zero-order chi connectivity index (χ0) is 39.8. The summed E-state index contributed by atoms with van der Waals surface area (Å²) in [5, 5.41) is 5.13. The lowest BCUT2D eigenvalue weighted by Gasteiger charge is -2.29. The molecule has 1 aliphatic heterocycles. The molecule has 0 radical (unpaired) electrons. The summed E-state index contributed by atoms with van der Waals surface area (Å²) < 4.78 is 9.33. The molecule has 14 heteroatoms. The molecule has 292 valence electrons. The number of methoxy groups -OCH3 is 2. The molecule has 56 heavy (non-hydrogen) atoms. The molecule has 4 N–H and O–H groups in total. The van der Waals surface area contributed by atoms with Gasteiger partial charge in [0.15, 0.2) is 0 Å². The molecular weight excluding hydrogens is 713 g/mol. The highest BCUT2D eigenvalue weighted by molar-refractivity contribution is 5.87. The predicted molar refractivity (Wildman–Crippen MR) is 213 cm³/mol. The lowest BCUT2D eigenvalue weighted by molar-refractivity contribution is -0.135. The molecule has 2 atom stereocenters. The van der Waals surface area contributed by atoms with Gasteiger partial charge in [-0.15, -0.1) is 6.58 Å². The van der Waals surface area contributed by atoms with E-state index in [1.807, 2.05) is 36.9 Å². The molecule has 6 rings (SSSR count). The highest BCUT2D eigenvalue weighted by atomic mass is 16.5. The summed E-state index contributed by atoms with van der Waals surface area (Å²) in [5.74, 6) is 0.860. The summed E-state index contributed by atoms with van der Waals surface area (Å²) in [6.45, 7) is 8.66. The topological polar surface area (TPSA) is 175 Å². The van der Waals surface area contributed by atoms with Gasteiger partial charge in [-0.1, -0.05) is 74.5 Å². The standard InChI is InChI=1S/C42H48N8O6/c1-6-7-20-49(37(51)24-44-41(53)55-4)25-36-43-23-34(45-36)30-16-14-28(15-17-30)27-10-12-29(13-11-27)31-18-19-32-33(22-31)47-39(46-32)35-9-8-21-50(35)40(52)38(26(2)3)48-42(54)56-5/h6,10-19,22-23,26,35,38H,1,7-9,20-21,24-25H2,2-5H3,(H,43,45)(H,44,53)(H,46,47)(H,48,54). The summed E-state index contributed by atoms with van der Waals surface area (Å²) in [7, 11) is 2.54. The summed E-state index contributed by atoms with van der Waals surface area (Å²) in [6.07, 6.45) is 4.42. The smallest absolute Gasteiger partial charge is 0.407 e. The number of likely N-dealkylation sites (tertiary alicyclic amines) is 1. The number of carbonyl (C=O) groups is 4. The summed E-state index contributed by atoms with van der Waals surface area (Å²) >= 11 is 0. The Bertz CT molecular complexity index is 2180. The molecule has 2 unspecified atom stereocenters. The maximum atomic E-state index is 13.6. The molecular formula is C42H48N8O6. The van der Waals surface area contributed by atoms with E-state index >= 15 is 0 Å². The van der Waals surface area contributed by atoms with Gasteiger partial charge in [-0.25, -0.2) is 19.6 Å². The highest BCUT2D eigenvalue weighted by Gasteiger charge is 2.37. The van der Waals surface area contributed by atoms with Crippen LogP contribution in [0.3, 0.4) is 0 Å². The fraction of sp³-hybridized carbons (Fsp3) is 0.333. The average molecular weight is 761 g/mol. The summed E-state index contributed by atoms with van der Waals surface area (Å²) in [6, 6.07) is 21.8. The van der Waals surface area contributed by atoms with Crippen LogP contribution in [0.15, 0.2) is 85.6 Å². The lowest BCUT2D eigenvalue weighted by Crippen LogP contribution is -2.51. The zero-order valence-electron chi connectivity index (χ0n) is 32.1. The monoisotopic (exact) mass is 760 g/mol. The number of carbonyl (C=O) groups excluding carboxylic acids is 4. The number of benzene rings is 3. The van der Waals surface area contributed by atoms with Crippen molar-refractivity contribution in [3.8, 4) is 33.5 Å². The number of fused-ring (bicyclic) bond motifs is 1. The molecule has 1 aliphatic rings. The Labute approximate surface area is 325 Å². The van der Waals surface area contributed by atoms with Gasteiger partial charge in [0.2, 0.25) is 11.8 Å². The van der Waals surface area contributed by atoms with Gasteiger partial charge in [0.25, 0.3) is 0 Å². The predicted octanol–water partition coefficient (Wildman–Crippen LogP) is 6.59. The number of aromatic nitrogens is 4. The molecule has 2 aromatic heterocycles. The number of alkyl carbamates (subject to hydrolysis) is 2. The Hall–Kier alpha value is -6.44. The van der Waals surface area contributed by atoms with Gasteiger partial charge >= 0.3 is 12.2 Å². The van der Waals surface area contributed by atoms with Crippen molar-refractivity contribution in [1.29, 1.82) is 0 Å². The van der Waals surface area contributed by atoms with Crippen molar-refractivity contribution in [2.75, 3.05) is 33.9 Å². The van der Waals surface area contributed by atoms with Crippen LogP contribution in [-0.4, -0.2) is 93.6 Å². The third-order valence-electron chi connectivity index (χ3n) is 9.98. The van der Waals surface area contributed by atoms with E-state index in [0.29, 0.717) is 25.3 Å². The fourth-order valence-corrected chi connectivity index (χ4v) is 6.90. The van der Waals surface area contributed by atoms with Crippen LogP contribution in [0.1, 0.15) is 50.8 Å². The number of amides is 4. The molecule has 0 saturated carbocycles. The lowest BCUT2D eigenvalue weighted by atomic mass is 9.99. The van der Waals surface area contributed by atoms with Gasteiger partial charge < -0.3 is 39.9 Å². The van der Waals surface area contributed by atoms with Crippen molar-refractivity contribution in [3.05, 3.63) is 97.2 Å². The number of nitrogens with zero attached hydrogens (tertiary/aromatic N) is 4. The van der Waals surface area contributed by atoms with Crippen LogP contribution in [0.5, 0.6) is 0 Å². The Kier molecular flexibility index (Phi) is 12.5. The van der Waals surface area contributed by atoms with E-state index in [9.17, 15) is 19.2 Å². The number of hydrogen-bond donors (Lipinski definition) is 4. The molecule has 1 saturated heterocycles. The number of aromatic amines is 2. The minimum Gasteiger partial charge on any atom is -0.453 e. The molecule has 0 bridgehead atoms. The molecule has 5 aromatic rings. The van der Waals surface area contributed by atoms with Gasteiger partial charge in [-0.2, -0.15) is 0 Å². The van der Waals surface area contributed by atoms with E-state index in [0.717, 1.165) is 63.2 Å². The first-order valence-corrected chi connectivity index (χ1v) is 18.7. The average Bonchev–Trinajstić information content (AvgIpc) is 4.00. The van der Waals surface area contributed by atoms with Crippen LogP contribution in [-0.2, 0) is 25.6 Å². The van der Waals surface area contributed by atoms with E-state index in [1.54, 1.807) is 17.2 Å². The maximum Gasteiger partial charge on any atom is 0.407 e. The summed E-state index contributed by atoms with van der Waals surface area (Å²) in [4.78, 5) is 69.4. The first-order valence-electron chi connectivity index (χ1n) is 18.7. The minimum absolute atomic E-state index is 0.107. The van der Waals surface area contributed by atoms with Crippen molar-refractivity contribution in [2.24, 2.45) is 5.92 Å². The van der Waals surface area contributed by atoms with Gasteiger partial charge in [0.1, 0.15) is 24.2 Å². The minimum atomic E-state index is -0.691. The Morgan fingerprint density at radius 2 is 1.57 bits per heavy atom. The number of hydrogen-bond acceptors (Lipinski definition) is 8. The van der Waals surface area contributed by atoms with Crippen LogP contribution in [0, 0.1) is 5.92 Å². The Balaban J connectivity index is 1.11. The molecule has 1 fully saturated rings. The quantitative estimate of drug-likeness (QED) is 0.0917. The molecule has 4 amide bonds. The molecule has 3 heterocycles. The van der Waals surface area contributed by atoms with Crippen LogP contribution >= 0.6 is 0 Å². The molecule has 3 aromatic carbocycles. The number of rotatable bonds is 14. The van der Waals surface area contributed by atoms with Crippen molar-refractivity contribution in [1.82, 2.24) is 40.4 Å². The number of imidazole rings is 2. The van der Waals surface area contributed by atoms with Crippen LogP contribution in [0.2, 0.25) is 0 Å². The van der Waals surface area contributed by atoms with E-state index in [-0.39, 0.29) is 36.9 Å². The van der Waals surface area contributed by atoms with E-state index < -0.39 is 18.2 Å². The summed E-state index contributed by atoms with van der Waals surface area (Å²) in [5.41, 5.74) is 7.71. The van der Waals surface area contributed by atoms with Gasteiger partial charge in [-0.3, -0.25) is 9.59 Å². The largest absolute Gasteiger partial charge is 0.453 e. The van der Waals surface area contributed by atoms with Crippen LogP contribution in [0.4, 0.5) is 9.59 Å². The number of H-pyrrole nitrogens is 2. The number of ether oxygens (including phenoxy) is 2. The van der Waals surface area contributed by atoms with E-state index in [2.05, 4.69) is 85.4 Å². The maximum absolute atomic E-state index is 13.6. The Morgan fingerprint density at radius 3 is 2.21 bits per heavy atom. The van der Waals surface area contributed by atoms with Crippen molar-refractivity contribution in [3.63, 3.8) is 0 Å². The first kappa shape index (κ1) is 39.3. The van der Waals surface area contributed by atoms with Gasteiger partial charge in [-0.05, 0) is 65.1 Å². The fourth-order valence-electron chi connectivity index (χ4n) is 6.90. The van der Waals surface area contributed by atoms with Gasteiger partial charge in [0, 0.05) is 13.1 Å². The number of nitrogens with one attached hydrogen (secondary N) is 4. The Morgan fingerprint density at radius 1 is 0.929 bits per heavy atom. The van der Waals surface area contributed by atoms with Crippen molar-refractivity contribution in [2.45, 2.75) is 51.7 Å². The van der Waals surface area contributed by atoms with Crippen molar-refractivity contribution < 1.29 is 28.7 Å². The second-order valence-corrected chi connectivity index (χ2v) is 14.0. The van der Waals surface area contributed by atoms with E-state index in [4.69, 9.17) is 9.72 Å². The molecule has 0 aliphatic carbocycles. The second kappa shape index (κ2) is 17.8. The molecule has 0 spiro atoms. The van der Waals surface area contributed by atoms with Crippen LogP contribution < -0.4 is 10.6 Å². The normalized spacial score (nSPS) is 14.4. The first-order chi connectivity index (χ1) is 27.1.